The van der Waals surface area contributed by atoms with Gasteiger partial charge in [-0.05, 0) is 55.0 Å². The van der Waals surface area contributed by atoms with Crippen LogP contribution in [0.5, 0.6) is 0 Å². The van der Waals surface area contributed by atoms with Crippen molar-refractivity contribution in [3.63, 3.8) is 0 Å². The minimum Gasteiger partial charge on any atom is -0.388 e. The van der Waals surface area contributed by atoms with E-state index in [1.165, 1.54) is 17.1 Å². The molecule has 0 radical (unpaired) electrons. The van der Waals surface area contributed by atoms with Gasteiger partial charge in [0.05, 0.1) is 24.0 Å². The molecule has 35 heavy (non-hydrogen) atoms. The lowest BCUT2D eigenvalue weighted by Gasteiger charge is -2.38. The maximum absolute atomic E-state index is 13.2. The van der Waals surface area contributed by atoms with Crippen LogP contribution in [-0.2, 0) is 11.3 Å². The van der Waals surface area contributed by atoms with E-state index >= 15 is 0 Å². The Balaban J connectivity index is 1.21. The number of piperidine rings is 1. The summed E-state index contributed by atoms with van der Waals surface area (Å²) in [5, 5.41) is 15.9. The van der Waals surface area contributed by atoms with Crippen LogP contribution < -0.4 is 5.56 Å². The molecule has 2 aliphatic rings. The van der Waals surface area contributed by atoms with Gasteiger partial charge in [0.1, 0.15) is 11.7 Å². The molecule has 6 rings (SSSR count). The number of likely N-dealkylation sites (tertiary alicyclic amines) is 1. The summed E-state index contributed by atoms with van der Waals surface area (Å²) < 4.78 is 3.10. The Hall–Kier alpha value is -3.85. The lowest BCUT2D eigenvalue weighted by Crippen LogP contribution is -2.50. The van der Waals surface area contributed by atoms with Crippen LogP contribution >= 0.6 is 0 Å². The first-order chi connectivity index (χ1) is 17.0. The van der Waals surface area contributed by atoms with Crippen LogP contribution in [-0.4, -0.2) is 58.9 Å². The summed E-state index contributed by atoms with van der Waals surface area (Å²) in [5.41, 5.74) is 2.04. The standard InChI is InChI=1S/C26H26N6O3/c33-24(19-3-4-19)30-12-9-26(35,10-13-30)16-31-17-28-23-22(25(31)34)15-29-32(23)21-7-5-18(6-8-21)20-2-1-11-27-14-20/h1-2,5-8,11,14-15,17,19,35H,3-4,9-10,12-13,16H2. The van der Waals surface area contributed by atoms with Gasteiger partial charge in [0.15, 0.2) is 5.65 Å². The summed E-state index contributed by atoms with van der Waals surface area (Å²) in [7, 11) is 0. The van der Waals surface area contributed by atoms with Crippen molar-refractivity contribution in [2.24, 2.45) is 5.92 Å². The molecular formula is C26H26N6O3. The molecule has 0 bridgehead atoms. The Kier molecular flexibility index (Phi) is 5.21. The van der Waals surface area contributed by atoms with Crippen LogP contribution in [0.1, 0.15) is 25.7 Å². The highest BCUT2D eigenvalue weighted by atomic mass is 16.3. The Morgan fingerprint density at radius 3 is 2.51 bits per heavy atom. The molecule has 1 aliphatic heterocycles. The summed E-state index contributed by atoms with van der Waals surface area (Å²) >= 11 is 0. The van der Waals surface area contributed by atoms with Crippen molar-refractivity contribution >= 4 is 16.9 Å². The second-order valence-corrected chi connectivity index (χ2v) is 9.58. The van der Waals surface area contributed by atoms with Crippen molar-refractivity contribution in [2.75, 3.05) is 13.1 Å². The zero-order chi connectivity index (χ0) is 24.0. The zero-order valence-corrected chi connectivity index (χ0v) is 19.2. The number of hydrogen-bond acceptors (Lipinski definition) is 6. The number of amides is 1. The second-order valence-electron chi connectivity index (χ2n) is 9.58. The molecule has 9 nitrogen and oxygen atoms in total. The molecule has 1 N–H and O–H groups in total. The van der Waals surface area contributed by atoms with E-state index in [0.29, 0.717) is 37.0 Å². The summed E-state index contributed by atoms with van der Waals surface area (Å²) in [6.45, 7) is 1.18. The first-order valence-corrected chi connectivity index (χ1v) is 12.0. The molecule has 2 fully saturated rings. The highest BCUT2D eigenvalue weighted by Gasteiger charge is 2.39. The molecule has 0 atom stereocenters. The lowest BCUT2D eigenvalue weighted by molar-refractivity contribution is -0.137. The van der Waals surface area contributed by atoms with Crippen LogP contribution in [0.3, 0.4) is 0 Å². The highest BCUT2D eigenvalue weighted by Crippen LogP contribution is 2.33. The van der Waals surface area contributed by atoms with Gasteiger partial charge in [-0.25, -0.2) is 9.67 Å². The molecule has 3 aromatic heterocycles. The number of pyridine rings is 1. The number of rotatable bonds is 5. The molecular weight excluding hydrogens is 444 g/mol. The van der Waals surface area contributed by atoms with Crippen molar-refractivity contribution in [3.05, 3.63) is 71.7 Å². The van der Waals surface area contributed by atoms with Gasteiger partial charge in [0.25, 0.3) is 5.56 Å². The van der Waals surface area contributed by atoms with Crippen LogP contribution in [0.2, 0.25) is 0 Å². The minimum atomic E-state index is -1.04. The largest absolute Gasteiger partial charge is 0.388 e. The van der Waals surface area contributed by atoms with E-state index in [2.05, 4.69) is 15.1 Å². The molecule has 9 heteroatoms. The topological polar surface area (TPSA) is 106 Å². The van der Waals surface area contributed by atoms with Crippen LogP contribution in [0.15, 0.2) is 66.1 Å². The van der Waals surface area contributed by atoms with E-state index < -0.39 is 5.60 Å². The van der Waals surface area contributed by atoms with Crippen LogP contribution in [0, 0.1) is 5.92 Å². The number of aromatic nitrogens is 5. The first kappa shape index (κ1) is 21.7. The van der Waals surface area contributed by atoms with E-state index in [1.54, 1.807) is 10.9 Å². The molecule has 1 aromatic carbocycles. The smallest absolute Gasteiger partial charge is 0.264 e. The molecule has 4 aromatic rings. The van der Waals surface area contributed by atoms with E-state index in [9.17, 15) is 14.7 Å². The van der Waals surface area contributed by atoms with Crippen molar-refractivity contribution in [1.29, 1.82) is 0 Å². The van der Waals surface area contributed by atoms with Gasteiger partial charge in [-0.3, -0.25) is 19.1 Å². The third-order valence-electron chi connectivity index (χ3n) is 7.06. The Morgan fingerprint density at radius 2 is 1.83 bits per heavy atom. The predicted octanol–water partition coefficient (Wildman–Crippen LogP) is 2.41. The maximum atomic E-state index is 13.2. The fourth-order valence-electron chi connectivity index (χ4n) is 4.79. The van der Waals surface area contributed by atoms with Gasteiger partial charge in [-0.1, -0.05) is 18.2 Å². The van der Waals surface area contributed by atoms with E-state index in [1.807, 2.05) is 47.5 Å². The molecule has 0 spiro atoms. The van der Waals surface area contributed by atoms with Crippen molar-refractivity contribution in [2.45, 2.75) is 37.8 Å². The van der Waals surface area contributed by atoms with E-state index in [-0.39, 0.29) is 23.9 Å². The normalized spacial score (nSPS) is 17.6. The molecule has 0 unspecified atom stereocenters. The van der Waals surface area contributed by atoms with Crippen molar-refractivity contribution < 1.29 is 9.90 Å². The monoisotopic (exact) mass is 470 g/mol. The molecule has 1 saturated carbocycles. The fourth-order valence-corrected chi connectivity index (χ4v) is 4.79. The maximum Gasteiger partial charge on any atom is 0.264 e. The van der Waals surface area contributed by atoms with E-state index in [0.717, 1.165) is 29.7 Å². The Bertz CT molecular complexity index is 1430. The number of fused-ring (bicyclic) bond motifs is 1. The average Bonchev–Trinajstić information content (AvgIpc) is 3.65. The molecule has 4 heterocycles. The number of aliphatic hydroxyl groups is 1. The van der Waals surface area contributed by atoms with Gasteiger partial charge in [-0.15, -0.1) is 0 Å². The number of carbonyl (C=O) groups is 1. The van der Waals surface area contributed by atoms with Crippen LogP contribution in [0.25, 0.3) is 27.8 Å². The molecule has 1 amide bonds. The third-order valence-corrected chi connectivity index (χ3v) is 7.06. The number of hydrogen-bond donors (Lipinski definition) is 1. The van der Waals surface area contributed by atoms with Gasteiger partial charge < -0.3 is 10.0 Å². The first-order valence-electron chi connectivity index (χ1n) is 12.0. The lowest BCUT2D eigenvalue weighted by atomic mass is 9.91. The molecule has 1 saturated heterocycles. The number of carbonyl (C=O) groups excluding carboxylic acids is 1. The Labute approximate surface area is 201 Å². The van der Waals surface area contributed by atoms with Gasteiger partial charge in [-0.2, -0.15) is 5.10 Å². The highest BCUT2D eigenvalue weighted by molar-refractivity contribution is 5.81. The average molecular weight is 471 g/mol. The van der Waals surface area contributed by atoms with Gasteiger partial charge in [0.2, 0.25) is 5.91 Å². The zero-order valence-electron chi connectivity index (χ0n) is 19.2. The minimum absolute atomic E-state index is 0.144. The molecule has 1 aliphatic carbocycles. The summed E-state index contributed by atoms with van der Waals surface area (Å²) in [4.78, 5) is 36.0. The quantitative estimate of drug-likeness (QED) is 0.480. The van der Waals surface area contributed by atoms with Crippen molar-refractivity contribution in [1.82, 2.24) is 29.2 Å². The SMILES string of the molecule is O=C(C1CC1)N1CCC(O)(Cn2cnc3c(cnn3-c3ccc(-c4cccnc4)cc3)c2=O)CC1. The number of nitrogens with zero attached hydrogens (tertiary/aromatic N) is 6. The summed E-state index contributed by atoms with van der Waals surface area (Å²) in [5.74, 6) is 0.381. The van der Waals surface area contributed by atoms with Gasteiger partial charge >= 0.3 is 0 Å². The second kappa shape index (κ2) is 8.42. The third kappa shape index (κ3) is 4.12. The summed E-state index contributed by atoms with van der Waals surface area (Å²) in [6.07, 6.45) is 9.39. The Morgan fingerprint density at radius 1 is 1.06 bits per heavy atom. The van der Waals surface area contributed by atoms with Gasteiger partial charge in [0, 0.05) is 31.4 Å². The van der Waals surface area contributed by atoms with Crippen molar-refractivity contribution in [3.8, 4) is 16.8 Å². The van der Waals surface area contributed by atoms with Crippen LogP contribution in [0.4, 0.5) is 0 Å². The summed E-state index contributed by atoms with van der Waals surface area (Å²) in [6, 6.07) is 11.7. The number of benzene rings is 1. The van der Waals surface area contributed by atoms with E-state index in [4.69, 9.17) is 0 Å². The predicted molar refractivity (Wildman–Crippen MR) is 130 cm³/mol. The molecule has 178 valence electrons. The fraction of sp³-hybridized carbons (Fsp3) is 0.346.